The maximum Gasteiger partial charge on any atom is 0.117 e. The molecule has 2 aliphatic rings. The fraction of sp³-hybridized carbons (Fsp3) is 0.462. The Hall–Kier alpha value is -1.30. The monoisotopic (exact) mass is 281 g/mol. The fourth-order valence-electron chi connectivity index (χ4n) is 2.54. The van der Waals surface area contributed by atoms with Gasteiger partial charge in [-0.05, 0) is 30.9 Å². The van der Waals surface area contributed by atoms with E-state index < -0.39 is 5.60 Å². The molecule has 1 saturated carbocycles. The lowest BCUT2D eigenvalue weighted by atomic mass is 9.88. The summed E-state index contributed by atoms with van der Waals surface area (Å²) < 4.78 is 0. The van der Waals surface area contributed by atoms with E-state index in [0.717, 1.165) is 12.8 Å². The van der Waals surface area contributed by atoms with E-state index in [4.69, 9.17) is 11.6 Å². The van der Waals surface area contributed by atoms with Gasteiger partial charge in [0.25, 0.3) is 0 Å². The number of hydrazine groups is 1. The number of β-amino-alcohol motifs (C(OH)–C–C–N with tert-alkyl or cyclic N) is 1. The smallest absolute Gasteiger partial charge is 0.117 e. The van der Waals surface area contributed by atoms with Gasteiger partial charge in [-0.2, -0.15) is 5.01 Å². The van der Waals surface area contributed by atoms with Crippen molar-refractivity contribution >= 4 is 17.9 Å². The van der Waals surface area contributed by atoms with Crippen LogP contribution in [0.4, 0.5) is 0 Å². The molecule has 1 aromatic carbocycles. The molecular weight excluding hydrogens is 266 g/mol. The molecule has 19 heavy (non-hydrogen) atoms. The highest BCUT2D eigenvalue weighted by Gasteiger charge is 2.47. The van der Waals surface area contributed by atoms with Gasteiger partial charge in [0.05, 0.1) is 17.9 Å². The van der Waals surface area contributed by atoms with Gasteiger partial charge in [-0.1, -0.05) is 17.7 Å². The van der Waals surface area contributed by atoms with Crippen LogP contribution < -0.4 is 5.43 Å². The average Bonchev–Trinajstić information content (AvgIpc) is 3.10. The maximum absolute atomic E-state index is 11.1. The molecule has 1 atom stereocenters. The SMILES string of the molecule is Oc1ccc(C(O)(CN2CN=CN2)C2CC2)c(Cl)c1. The van der Waals surface area contributed by atoms with Crippen LogP contribution in [-0.2, 0) is 5.60 Å². The van der Waals surface area contributed by atoms with Crippen molar-refractivity contribution in [1.82, 2.24) is 10.4 Å². The third-order valence-electron chi connectivity index (χ3n) is 3.69. The number of hydrogen-bond acceptors (Lipinski definition) is 5. The Morgan fingerprint density at radius 1 is 1.47 bits per heavy atom. The Balaban J connectivity index is 1.90. The Labute approximate surface area is 116 Å². The van der Waals surface area contributed by atoms with Gasteiger partial charge in [-0.15, -0.1) is 0 Å². The summed E-state index contributed by atoms with van der Waals surface area (Å²) in [6, 6.07) is 4.73. The van der Waals surface area contributed by atoms with Crippen LogP contribution in [0.3, 0.4) is 0 Å². The van der Waals surface area contributed by atoms with E-state index in [9.17, 15) is 10.2 Å². The number of aliphatic imine (C=N–C) groups is 1. The highest BCUT2D eigenvalue weighted by molar-refractivity contribution is 6.31. The van der Waals surface area contributed by atoms with Gasteiger partial charge in [0.1, 0.15) is 18.0 Å². The van der Waals surface area contributed by atoms with E-state index in [0.29, 0.717) is 23.8 Å². The largest absolute Gasteiger partial charge is 0.508 e. The second kappa shape index (κ2) is 4.67. The molecule has 0 saturated heterocycles. The van der Waals surface area contributed by atoms with Crippen molar-refractivity contribution in [3.63, 3.8) is 0 Å². The molecule has 1 aromatic rings. The average molecular weight is 282 g/mol. The van der Waals surface area contributed by atoms with Crippen molar-refractivity contribution in [3.8, 4) is 5.75 Å². The molecule has 3 rings (SSSR count). The molecule has 0 spiro atoms. The van der Waals surface area contributed by atoms with E-state index in [2.05, 4.69) is 10.4 Å². The number of nitrogens with one attached hydrogen (secondary N) is 1. The van der Waals surface area contributed by atoms with Crippen LogP contribution in [0.2, 0.25) is 5.02 Å². The zero-order valence-corrected chi connectivity index (χ0v) is 11.1. The first kappa shape index (κ1) is 12.7. The maximum atomic E-state index is 11.1. The quantitative estimate of drug-likeness (QED) is 0.781. The zero-order valence-electron chi connectivity index (χ0n) is 10.4. The molecule has 5 nitrogen and oxygen atoms in total. The molecule has 0 amide bonds. The van der Waals surface area contributed by atoms with Crippen molar-refractivity contribution in [2.45, 2.75) is 18.4 Å². The molecule has 1 fully saturated rings. The molecule has 1 heterocycles. The number of phenolic OH excluding ortho intramolecular Hbond substituents is 1. The van der Waals surface area contributed by atoms with Crippen LogP contribution in [0.1, 0.15) is 18.4 Å². The molecule has 0 aromatic heterocycles. The summed E-state index contributed by atoms with van der Waals surface area (Å²) in [5.74, 6) is 0.312. The number of hydrogen-bond donors (Lipinski definition) is 3. The topological polar surface area (TPSA) is 68.1 Å². The molecule has 0 radical (unpaired) electrons. The van der Waals surface area contributed by atoms with Gasteiger partial charge in [0.15, 0.2) is 0 Å². The normalized spacial score (nSPS) is 22.2. The summed E-state index contributed by atoms with van der Waals surface area (Å²) in [7, 11) is 0. The summed E-state index contributed by atoms with van der Waals surface area (Å²) in [6.45, 7) is 0.937. The van der Waals surface area contributed by atoms with Crippen molar-refractivity contribution < 1.29 is 10.2 Å². The van der Waals surface area contributed by atoms with E-state index in [1.165, 1.54) is 6.07 Å². The lowest BCUT2D eigenvalue weighted by molar-refractivity contribution is -0.0245. The summed E-state index contributed by atoms with van der Waals surface area (Å²) >= 11 is 6.18. The van der Waals surface area contributed by atoms with E-state index in [-0.39, 0.29) is 11.7 Å². The molecule has 3 N–H and O–H groups in total. The van der Waals surface area contributed by atoms with Crippen LogP contribution in [-0.4, -0.2) is 34.8 Å². The van der Waals surface area contributed by atoms with Crippen molar-refractivity contribution in [2.24, 2.45) is 10.9 Å². The van der Waals surface area contributed by atoms with Gasteiger partial charge in [0, 0.05) is 5.56 Å². The number of phenols is 1. The zero-order chi connectivity index (χ0) is 13.5. The minimum Gasteiger partial charge on any atom is -0.508 e. The van der Waals surface area contributed by atoms with E-state index >= 15 is 0 Å². The van der Waals surface area contributed by atoms with Crippen molar-refractivity contribution in [1.29, 1.82) is 0 Å². The summed E-state index contributed by atoms with van der Waals surface area (Å²) in [6.07, 6.45) is 3.59. The lowest BCUT2D eigenvalue weighted by Crippen LogP contribution is -2.46. The first-order valence-electron chi connectivity index (χ1n) is 6.30. The Morgan fingerprint density at radius 3 is 2.84 bits per heavy atom. The van der Waals surface area contributed by atoms with Crippen LogP contribution in [0.15, 0.2) is 23.2 Å². The first-order valence-corrected chi connectivity index (χ1v) is 6.68. The van der Waals surface area contributed by atoms with Crippen LogP contribution >= 0.6 is 11.6 Å². The summed E-state index contributed by atoms with van der Waals surface area (Å²) in [4.78, 5) is 4.06. The van der Waals surface area contributed by atoms with Gasteiger partial charge in [-0.25, -0.2) is 0 Å². The number of nitrogens with zero attached hydrogens (tertiary/aromatic N) is 2. The predicted octanol–water partition coefficient (Wildman–Crippen LogP) is 1.45. The van der Waals surface area contributed by atoms with Crippen LogP contribution in [0.5, 0.6) is 5.75 Å². The van der Waals surface area contributed by atoms with Crippen molar-refractivity contribution in [3.05, 3.63) is 28.8 Å². The van der Waals surface area contributed by atoms with Gasteiger partial charge >= 0.3 is 0 Å². The summed E-state index contributed by atoms with van der Waals surface area (Å²) in [5.41, 5.74) is 2.65. The minimum atomic E-state index is -1.01. The van der Waals surface area contributed by atoms with Crippen molar-refractivity contribution in [2.75, 3.05) is 13.2 Å². The standard InChI is InChI=1S/C13H16ClN3O2/c14-12-5-10(18)3-4-11(12)13(19,9-1-2-9)6-17-8-15-7-16-17/h3-5,7,9,18-19H,1-2,6,8H2,(H,15,16). The number of benzene rings is 1. The van der Waals surface area contributed by atoms with Gasteiger partial charge < -0.3 is 15.6 Å². The number of rotatable bonds is 4. The fourth-order valence-corrected chi connectivity index (χ4v) is 2.88. The van der Waals surface area contributed by atoms with E-state index in [1.807, 2.05) is 5.01 Å². The van der Waals surface area contributed by atoms with Gasteiger partial charge in [-0.3, -0.25) is 4.99 Å². The molecule has 1 unspecified atom stereocenters. The molecule has 1 aliphatic carbocycles. The Kier molecular flexibility index (Phi) is 3.12. The molecule has 6 heteroatoms. The third-order valence-corrected chi connectivity index (χ3v) is 4.00. The van der Waals surface area contributed by atoms with E-state index in [1.54, 1.807) is 18.5 Å². The Morgan fingerprint density at radius 2 is 2.26 bits per heavy atom. The second-order valence-electron chi connectivity index (χ2n) is 5.14. The molecule has 0 bridgehead atoms. The number of halogens is 1. The third kappa shape index (κ3) is 2.41. The number of aromatic hydroxyl groups is 1. The van der Waals surface area contributed by atoms with Crippen LogP contribution in [0.25, 0.3) is 0 Å². The Bertz CT molecular complexity index is 511. The lowest BCUT2D eigenvalue weighted by Gasteiger charge is -2.33. The van der Waals surface area contributed by atoms with Crippen LogP contribution in [0, 0.1) is 5.92 Å². The molecular formula is C13H16ClN3O2. The highest BCUT2D eigenvalue weighted by atomic mass is 35.5. The molecule has 102 valence electrons. The minimum absolute atomic E-state index is 0.106. The van der Waals surface area contributed by atoms with Gasteiger partial charge in [0.2, 0.25) is 0 Å². The molecule has 1 aliphatic heterocycles. The summed E-state index contributed by atoms with van der Waals surface area (Å²) in [5, 5.41) is 22.7. The second-order valence-corrected chi connectivity index (χ2v) is 5.55. The predicted molar refractivity (Wildman–Crippen MR) is 72.9 cm³/mol. The highest BCUT2D eigenvalue weighted by Crippen LogP contribution is 2.48. The number of aliphatic hydroxyl groups is 1. The first-order chi connectivity index (χ1) is 9.09.